The van der Waals surface area contributed by atoms with Crippen LogP contribution in [0.2, 0.25) is 0 Å². The third kappa shape index (κ3) is 3.93. The third-order valence-corrected chi connectivity index (χ3v) is 3.93. The second-order valence-electron chi connectivity index (χ2n) is 5.43. The average Bonchev–Trinajstić information content (AvgIpc) is 2.46. The van der Waals surface area contributed by atoms with Crippen LogP contribution in [0.3, 0.4) is 0 Å². The van der Waals surface area contributed by atoms with E-state index in [-0.39, 0.29) is 0 Å². The van der Waals surface area contributed by atoms with E-state index in [9.17, 15) is 0 Å². The zero-order valence-electron chi connectivity index (χ0n) is 12.4. The number of hydrogen-bond donors (Lipinski definition) is 1. The number of piperidine rings is 1. The summed E-state index contributed by atoms with van der Waals surface area (Å²) in [7, 11) is 0. The van der Waals surface area contributed by atoms with Crippen LogP contribution in [0.15, 0.2) is 18.3 Å². The van der Waals surface area contributed by atoms with Crippen molar-refractivity contribution in [2.45, 2.75) is 58.5 Å². The van der Waals surface area contributed by atoms with E-state index in [0.717, 1.165) is 13.1 Å². The Hall–Kier alpha value is -1.09. The zero-order valence-corrected chi connectivity index (χ0v) is 12.4. The zero-order chi connectivity index (χ0) is 13.5. The topological polar surface area (TPSA) is 28.2 Å². The molecular formula is C16H27N3. The van der Waals surface area contributed by atoms with Crippen LogP contribution in [0.4, 0.5) is 5.82 Å². The molecule has 0 spiro atoms. The van der Waals surface area contributed by atoms with Gasteiger partial charge in [-0.1, -0.05) is 20.3 Å². The van der Waals surface area contributed by atoms with E-state index in [1.165, 1.54) is 50.0 Å². The van der Waals surface area contributed by atoms with Crippen molar-refractivity contribution in [3.63, 3.8) is 0 Å². The van der Waals surface area contributed by atoms with E-state index in [1.807, 2.05) is 6.20 Å². The van der Waals surface area contributed by atoms with E-state index in [0.29, 0.717) is 6.04 Å². The first-order chi connectivity index (χ1) is 9.35. The van der Waals surface area contributed by atoms with Gasteiger partial charge in [0.2, 0.25) is 0 Å². The summed E-state index contributed by atoms with van der Waals surface area (Å²) in [5, 5.41) is 3.38. The lowest BCUT2D eigenvalue weighted by atomic mass is 9.98. The molecule has 3 nitrogen and oxygen atoms in total. The van der Waals surface area contributed by atoms with Crippen LogP contribution in [0, 0.1) is 0 Å². The van der Waals surface area contributed by atoms with Crippen LogP contribution in [0.1, 0.15) is 51.5 Å². The normalized spacial score (nSPS) is 19.7. The maximum absolute atomic E-state index is 4.60. The Balaban J connectivity index is 2.09. The third-order valence-electron chi connectivity index (χ3n) is 3.93. The van der Waals surface area contributed by atoms with E-state index < -0.39 is 0 Å². The molecule has 1 atom stereocenters. The molecule has 0 radical (unpaired) electrons. The van der Waals surface area contributed by atoms with Gasteiger partial charge in [0.15, 0.2) is 0 Å². The van der Waals surface area contributed by atoms with E-state index in [2.05, 4.69) is 41.2 Å². The number of pyridine rings is 1. The lowest BCUT2D eigenvalue weighted by Crippen LogP contribution is -2.40. The monoisotopic (exact) mass is 261 g/mol. The first-order valence-electron chi connectivity index (χ1n) is 7.77. The smallest absolute Gasteiger partial charge is 0.129 e. The first-order valence-corrected chi connectivity index (χ1v) is 7.77. The van der Waals surface area contributed by atoms with Crippen molar-refractivity contribution in [3.05, 3.63) is 23.9 Å². The lowest BCUT2D eigenvalue weighted by Gasteiger charge is -2.36. The number of anilines is 1. The van der Waals surface area contributed by atoms with E-state index >= 15 is 0 Å². The minimum atomic E-state index is 0.695. The summed E-state index contributed by atoms with van der Waals surface area (Å²) in [5.41, 5.74) is 1.34. The highest BCUT2D eigenvalue weighted by atomic mass is 15.2. The molecule has 3 heteroatoms. The Kier molecular flexibility index (Phi) is 5.64. The van der Waals surface area contributed by atoms with Gasteiger partial charge in [-0.25, -0.2) is 4.98 Å². The van der Waals surface area contributed by atoms with Gasteiger partial charge >= 0.3 is 0 Å². The van der Waals surface area contributed by atoms with E-state index in [1.54, 1.807) is 0 Å². The maximum Gasteiger partial charge on any atom is 0.129 e. The van der Waals surface area contributed by atoms with Crippen molar-refractivity contribution >= 4 is 5.82 Å². The number of nitrogens with zero attached hydrogens (tertiary/aromatic N) is 2. The molecule has 1 aliphatic heterocycles. The fourth-order valence-electron chi connectivity index (χ4n) is 2.93. The van der Waals surface area contributed by atoms with Crippen LogP contribution >= 0.6 is 0 Å². The summed E-state index contributed by atoms with van der Waals surface area (Å²) in [5.74, 6) is 1.17. The first kappa shape index (κ1) is 14.3. The quantitative estimate of drug-likeness (QED) is 0.851. The molecule has 1 aliphatic rings. The molecule has 1 aromatic heterocycles. The van der Waals surface area contributed by atoms with Gasteiger partial charge in [0, 0.05) is 25.3 Å². The van der Waals surface area contributed by atoms with Crippen molar-refractivity contribution in [2.75, 3.05) is 18.0 Å². The summed E-state index contributed by atoms with van der Waals surface area (Å²) in [4.78, 5) is 7.13. The van der Waals surface area contributed by atoms with Gasteiger partial charge in [0.05, 0.1) is 0 Å². The molecule has 106 valence electrons. The van der Waals surface area contributed by atoms with Gasteiger partial charge in [-0.15, -0.1) is 0 Å². The molecule has 2 heterocycles. The molecule has 0 aliphatic carbocycles. The highest BCUT2D eigenvalue weighted by Crippen LogP contribution is 2.26. The van der Waals surface area contributed by atoms with Crippen LogP contribution in [0.5, 0.6) is 0 Å². The Bertz CT molecular complexity index is 376. The van der Waals surface area contributed by atoms with Crippen LogP contribution in [-0.2, 0) is 6.54 Å². The summed E-state index contributed by atoms with van der Waals surface area (Å²) < 4.78 is 0. The van der Waals surface area contributed by atoms with E-state index in [4.69, 9.17) is 0 Å². The number of hydrogen-bond acceptors (Lipinski definition) is 3. The largest absolute Gasteiger partial charge is 0.354 e. The second kappa shape index (κ2) is 7.49. The Labute approximate surface area is 117 Å². The van der Waals surface area contributed by atoms with Gasteiger partial charge in [0.25, 0.3) is 0 Å². The summed E-state index contributed by atoms with van der Waals surface area (Å²) in [6, 6.07) is 5.07. The second-order valence-corrected chi connectivity index (χ2v) is 5.43. The number of rotatable bonds is 6. The maximum atomic E-state index is 4.60. The number of nitrogens with one attached hydrogen (secondary N) is 1. The average molecular weight is 261 g/mol. The molecule has 0 amide bonds. The summed E-state index contributed by atoms with van der Waals surface area (Å²) in [6.07, 6.45) is 8.52. The van der Waals surface area contributed by atoms with Crippen LogP contribution < -0.4 is 10.2 Å². The van der Waals surface area contributed by atoms with Crippen molar-refractivity contribution in [1.29, 1.82) is 0 Å². The van der Waals surface area contributed by atoms with Crippen molar-refractivity contribution in [2.24, 2.45) is 0 Å². The summed E-state index contributed by atoms with van der Waals surface area (Å²) >= 11 is 0. The van der Waals surface area contributed by atoms with Gasteiger partial charge in [-0.05, 0) is 49.9 Å². The van der Waals surface area contributed by atoms with Gasteiger partial charge in [-0.3, -0.25) is 0 Å². The summed E-state index contributed by atoms with van der Waals surface area (Å²) in [6.45, 7) is 7.55. The molecule has 1 saturated heterocycles. The predicted molar refractivity (Wildman–Crippen MR) is 81.5 cm³/mol. The molecule has 0 bridgehead atoms. The highest BCUT2D eigenvalue weighted by molar-refractivity contribution is 5.42. The minimum absolute atomic E-state index is 0.695. The molecule has 1 fully saturated rings. The highest BCUT2D eigenvalue weighted by Gasteiger charge is 2.22. The molecule has 1 N–H and O–H groups in total. The molecule has 2 rings (SSSR count). The standard InChI is InChI=1S/C16H27N3/c1-3-7-15-8-5-6-11-19(15)16-12-14(9-10-18-16)13-17-4-2/h9-10,12,15,17H,3-8,11,13H2,1-2H3. The fourth-order valence-corrected chi connectivity index (χ4v) is 2.93. The molecule has 0 aromatic carbocycles. The van der Waals surface area contributed by atoms with Crippen LogP contribution in [0.25, 0.3) is 0 Å². The Morgan fingerprint density at radius 1 is 1.37 bits per heavy atom. The number of aromatic nitrogens is 1. The van der Waals surface area contributed by atoms with Crippen molar-refractivity contribution in [1.82, 2.24) is 10.3 Å². The predicted octanol–water partition coefficient (Wildman–Crippen LogP) is 3.35. The fraction of sp³-hybridized carbons (Fsp3) is 0.688. The Morgan fingerprint density at radius 2 is 2.26 bits per heavy atom. The van der Waals surface area contributed by atoms with Gasteiger partial charge in [0.1, 0.15) is 5.82 Å². The Morgan fingerprint density at radius 3 is 3.05 bits per heavy atom. The SMILES string of the molecule is CCCC1CCCCN1c1cc(CNCC)ccn1. The van der Waals surface area contributed by atoms with Crippen molar-refractivity contribution < 1.29 is 0 Å². The van der Waals surface area contributed by atoms with Crippen LogP contribution in [-0.4, -0.2) is 24.1 Å². The molecule has 0 saturated carbocycles. The minimum Gasteiger partial charge on any atom is -0.354 e. The molecule has 1 unspecified atom stereocenters. The molecular weight excluding hydrogens is 234 g/mol. The van der Waals surface area contributed by atoms with Crippen molar-refractivity contribution in [3.8, 4) is 0 Å². The van der Waals surface area contributed by atoms with Gasteiger partial charge < -0.3 is 10.2 Å². The molecule has 1 aromatic rings. The lowest BCUT2D eigenvalue weighted by molar-refractivity contribution is 0.431. The van der Waals surface area contributed by atoms with Gasteiger partial charge in [-0.2, -0.15) is 0 Å². The molecule has 19 heavy (non-hydrogen) atoms.